The highest BCUT2D eigenvalue weighted by atomic mass is 16.7. The number of carbonyl (C=O) groups excluding carboxylic acids is 2. The van der Waals surface area contributed by atoms with Gasteiger partial charge in [-0.3, -0.25) is 18.7 Å². The molecule has 11 heteroatoms. The summed E-state index contributed by atoms with van der Waals surface area (Å²) in [5, 5.41) is 3.27. The van der Waals surface area contributed by atoms with E-state index in [1.807, 2.05) is 0 Å². The minimum Gasteiger partial charge on any atom is -0.462 e. The van der Waals surface area contributed by atoms with E-state index < -0.39 is 23.1 Å². The van der Waals surface area contributed by atoms with Gasteiger partial charge in [0.15, 0.2) is 11.5 Å². The lowest BCUT2D eigenvalue weighted by atomic mass is 10.2. The molecule has 1 aliphatic heterocycles. The fraction of sp³-hybridized carbons (Fsp3) is 0.172. The van der Waals surface area contributed by atoms with Gasteiger partial charge in [-0.15, -0.1) is 0 Å². The second-order valence-corrected chi connectivity index (χ2v) is 9.07. The number of aromatic nitrogens is 2. The van der Waals surface area contributed by atoms with Crippen LogP contribution in [-0.4, -0.2) is 34.4 Å². The Hall–Kier alpha value is -5.32. The van der Waals surface area contributed by atoms with Crippen molar-refractivity contribution < 1.29 is 28.2 Å². The first-order valence-electron chi connectivity index (χ1n) is 12.5. The van der Waals surface area contributed by atoms with E-state index in [9.17, 15) is 19.2 Å². The fourth-order valence-corrected chi connectivity index (χ4v) is 4.65. The van der Waals surface area contributed by atoms with Crippen molar-refractivity contribution in [3.8, 4) is 11.5 Å². The maximum Gasteiger partial charge on any atom is 0.338 e. The van der Waals surface area contributed by atoms with Crippen molar-refractivity contribution in [2.24, 2.45) is 0 Å². The Bertz CT molecular complexity index is 1900. The van der Waals surface area contributed by atoms with Crippen LogP contribution in [0.15, 0.2) is 80.7 Å². The van der Waals surface area contributed by atoms with E-state index in [1.165, 1.54) is 16.7 Å². The molecule has 6 rings (SSSR count). The molecule has 0 atom stereocenters. The summed E-state index contributed by atoms with van der Waals surface area (Å²) in [6.45, 7) is 1.60. The minimum atomic E-state index is -0.672. The van der Waals surface area contributed by atoms with Gasteiger partial charge in [-0.1, -0.05) is 18.2 Å². The Kier molecular flexibility index (Phi) is 6.31. The number of nitrogens with one attached hydrogen (secondary N) is 1. The van der Waals surface area contributed by atoms with Crippen LogP contribution in [0.1, 0.15) is 22.8 Å². The second-order valence-electron chi connectivity index (χ2n) is 9.07. The summed E-state index contributed by atoms with van der Waals surface area (Å²) < 4.78 is 23.9. The van der Waals surface area contributed by atoms with Gasteiger partial charge in [0.2, 0.25) is 18.3 Å². The SMILES string of the molecule is CCOC(=O)c1ccc(NC(=O)Cn2c(=O)n(Cc3ccc4c(c3)OCO4)c(=O)c3oc4ccccc4c32)cc1. The third kappa shape index (κ3) is 4.47. The molecule has 2 aromatic heterocycles. The number of benzene rings is 3. The maximum atomic E-state index is 13.7. The van der Waals surface area contributed by atoms with Crippen LogP contribution in [-0.2, 0) is 22.6 Å². The average molecular weight is 542 g/mol. The third-order valence-electron chi connectivity index (χ3n) is 6.50. The Morgan fingerprint density at radius 2 is 1.73 bits per heavy atom. The number of nitrogens with zero attached hydrogens (tertiary/aromatic N) is 2. The third-order valence-corrected chi connectivity index (χ3v) is 6.50. The van der Waals surface area contributed by atoms with Crippen LogP contribution in [0.2, 0.25) is 0 Å². The summed E-state index contributed by atoms with van der Waals surface area (Å²) >= 11 is 0. The molecule has 1 N–H and O–H groups in total. The van der Waals surface area contributed by atoms with Crippen LogP contribution >= 0.6 is 0 Å². The molecule has 11 nitrogen and oxygen atoms in total. The first kappa shape index (κ1) is 25.0. The van der Waals surface area contributed by atoms with Gasteiger partial charge in [0.25, 0.3) is 5.56 Å². The lowest BCUT2D eigenvalue weighted by Gasteiger charge is -2.13. The maximum absolute atomic E-state index is 13.7. The highest BCUT2D eigenvalue weighted by molar-refractivity contribution is 6.03. The Morgan fingerprint density at radius 1 is 0.950 bits per heavy atom. The molecule has 1 amide bonds. The van der Waals surface area contributed by atoms with Crippen molar-refractivity contribution in [2.75, 3.05) is 18.7 Å². The smallest absolute Gasteiger partial charge is 0.338 e. The van der Waals surface area contributed by atoms with Gasteiger partial charge in [0.05, 0.1) is 18.7 Å². The molecule has 0 spiro atoms. The normalized spacial score (nSPS) is 12.1. The lowest BCUT2D eigenvalue weighted by molar-refractivity contribution is -0.116. The molecule has 0 saturated heterocycles. The Balaban J connectivity index is 1.37. The molecule has 0 unspecified atom stereocenters. The van der Waals surface area contributed by atoms with E-state index in [2.05, 4.69) is 5.32 Å². The van der Waals surface area contributed by atoms with Gasteiger partial charge < -0.3 is 23.9 Å². The topological polar surface area (TPSA) is 131 Å². The van der Waals surface area contributed by atoms with Gasteiger partial charge >= 0.3 is 11.7 Å². The highest BCUT2D eigenvalue weighted by Gasteiger charge is 2.22. The van der Waals surface area contributed by atoms with E-state index >= 15 is 0 Å². The Morgan fingerprint density at radius 3 is 2.52 bits per heavy atom. The monoisotopic (exact) mass is 541 g/mol. The number of rotatable bonds is 7. The molecule has 0 aliphatic carbocycles. The molecule has 0 bridgehead atoms. The predicted molar refractivity (Wildman–Crippen MR) is 145 cm³/mol. The Labute approximate surface area is 226 Å². The molecule has 0 fully saturated rings. The van der Waals surface area contributed by atoms with Crippen LogP contribution in [0.25, 0.3) is 22.1 Å². The van der Waals surface area contributed by atoms with E-state index in [4.69, 9.17) is 18.6 Å². The van der Waals surface area contributed by atoms with E-state index in [0.29, 0.717) is 39.3 Å². The van der Waals surface area contributed by atoms with E-state index in [0.717, 1.165) is 4.57 Å². The van der Waals surface area contributed by atoms with Gasteiger partial charge in [-0.05, 0) is 61.0 Å². The summed E-state index contributed by atoms with van der Waals surface area (Å²) in [7, 11) is 0. The summed E-state index contributed by atoms with van der Waals surface area (Å²) in [5.74, 6) is 0.119. The van der Waals surface area contributed by atoms with Crippen molar-refractivity contribution in [3.05, 3.63) is 98.7 Å². The highest BCUT2D eigenvalue weighted by Crippen LogP contribution is 2.32. The van der Waals surface area contributed by atoms with Crippen LogP contribution in [0.4, 0.5) is 5.69 Å². The standard InChI is InChI=1S/C29H23N3O8/c1-2-37-28(35)18-8-10-19(11-9-18)30-24(33)15-31-25-20-5-3-4-6-21(20)40-26(25)27(34)32(29(31)36)14-17-7-12-22-23(13-17)39-16-38-22/h3-13H,2,14-16H2,1H3,(H,30,33). The zero-order chi connectivity index (χ0) is 27.8. The van der Waals surface area contributed by atoms with Gasteiger partial charge in [0.1, 0.15) is 17.6 Å². The molecular formula is C29H23N3O8. The average Bonchev–Trinajstić information content (AvgIpc) is 3.58. The van der Waals surface area contributed by atoms with Crippen LogP contribution < -0.4 is 26.0 Å². The van der Waals surface area contributed by atoms with Crippen molar-refractivity contribution in [3.63, 3.8) is 0 Å². The van der Waals surface area contributed by atoms with Crippen molar-refractivity contribution in [1.82, 2.24) is 9.13 Å². The molecule has 5 aromatic rings. The zero-order valence-electron chi connectivity index (χ0n) is 21.3. The van der Waals surface area contributed by atoms with Gasteiger partial charge in [0, 0.05) is 11.1 Å². The number of anilines is 1. The number of ether oxygens (including phenoxy) is 3. The fourth-order valence-electron chi connectivity index (χ4n) is 4.65. The van der Waals surface area contributed by atoms with Crippen LogP contribution in [0, 0.1) is 0 Å². The van der Waals surface area contributed by atoms with Crippen LogP contribution in [0.3, 0.4) is 0 Å². The number of para-hydroxylation sites is 1. The summed E-state index contributed by atoms with van der Waals surface area (Å²) in [4.78, 5) is 52.3. The summed E-state index contributed by atoms with van der Waals surface area (Å²) in [5.41, 5.74) is 0.740. The number of furan rings is 1. The molecule has 3 aromatic carbocycles. The quantitative estimate of drug-likeness (QED) is 0.310. The first-order valence-corrected chi connectivity index (χ1v) is 12.5. The molecule has 202 valence electrons. The zero-order valence-corrected chi connectivity index (χ0v) is 21.3. The molecule has 3 heterocycles. The molecule has 0 saturated carbocycles. The number of amides is 1. The second kappa shape index (κ2) is 10.1. The first-order chi connectivity index (χ1) is 19.4. The number of hydrogen-bond donors (Lipinski definition) is 1. The molecule has 40 heavy (non-hydrogen) atoms. The lowest BCUT2D eigenvalue weighted by Crippen LogP contribution is -2.41. The largest absolute Gasteiger partial charge is 0.462 e. The number of hydrogen-bond acceptors (Lipinski definition) is 8. The molecule has 1 aliphatic rings. The van der Waals surface area contributed by atoms with Gasteiger partial charge in [-0.2, -0.15) is 0 Å². The minimum absolute atomic E-state index is 0.0341. The number of carbonyl (C=O) groups is 2. The van der Waals surface area contributed by atoms with Crippen molar-refractivity contribution >= 4 is 39.6 Å². The summed E-state index contributed by atoms with van der Waals surface area (Å²) in [6.07, 6.45) is 0. The molecular weight excluding hydrogens is 518 g/mol. The van der Waals surface area contributed by atoms with Gasteiger partial charge in [-0.25, -0.2) is 9.59 Å². The number of fused-ring (bicyclic) bond motifs is 4. The number of esters is 1. The van der Waals surface area contributed by atoms with Crippen LogP contribution in [0.5, 0.6) is 11.5 Å². The van der Waals surface area contributed by atoms with Crippen molar-refractivity contribution in [2.45, 2.75) is 20.0 Å². The van der Waals surface area contributed by atoms with Crippen molar-refractivity contribution in [1.29, 1.82) is 0 Å². The van der Waals surface area contributed by atoms with E-state index in [-0.39, 0.29) is 37.6 Å². The molecule has 0 radical (unpaired) electrons. The predicted octanol–water partition coefficient (Wildman–Crippen LogP) is 3.50. The van der Waals surface area contributed by atoms with E-state index in [1.54, 1.807) is 61.5 Å². The summed E-state index contributed by atoms with van der Waals surface area (Å²) in [6, 6.07) is 18.3.